The van der Waals surface area contributed by atoms with Gasteiger partial charge in [0.15, 0.2) is 0 Å². The van der Waals surface area contributed by atoms with Gasteiger partial charge in [0.25, 0.3) is 5.56 Å². The molecule has 1 aromatic heterocycles. The van der Waals surface area contributed by atoms with Crippen molar-refractivity contribution in [2.75, 3.05) is 0 Å². The third-order valence-corrected chi connectivity index (χ3v) is 3.08. The SMILES string of the molecule is O=c1[nH]cc(Cl)c2c(C(F)(F)F)cc(CCl)cc12. The van der Waals surface area contributed by atoms with E-state index in [1.807, 2.05) is 0 Å². The maximum absolute atomic E-state index is 12.9. The van der Waals surface area contributed by atoms with Gasteiger partial charge in [-0.25, -0.2) is 0 Å². The summed E-state index contributed by atoms with van der Waals surface area (Å²) < 4.78 is 38.8. The second-order valence-electron chi connectivity index (χ2n) is 3.66. The number of benzene rings is 1. The maximum atomic E-state index is 12.9. The second kappa shape index (κ2) is 4.48. The standard InChI is InChI=1S/C11H6Cl2F3NO/c12-3-5-1-6-9(7(2-5)11(14,15)16)8(13)4-17-10(6)18/h1-2,4H,3H2,(H,17,18). The fraction of sp³-hybridized carbons (Fsp3) is 0.182. The predicted molar refractivity (Wildman–Crippen MR) is 64.1 cm³/mol. The molecule has 0 radical (unpaired) electrons. The van der Waals surface area contributed by atoms with Gasteiger partial charge in [0.1, 0.15) is 0 Å². The van der Waals surface area contributed by atoms with Gasteiger partial charge in [-0.2, -0.15) is 13.2 Å². The summed E-state index contributed by atoms with van der Waals surface area (Å²) in [5, 5.41) is -0.576. The van der Waals surface area contributed by atoms with Gasteiger partial charge in [-0.1, -0.05) is 11.6 Å². The van der Waals surface area contributed by atoms with Crippen molar-refractivity contribution < 1.29 is 13.2 Å². The number of rotatable bonds is 1. The lowest BCUT2D eigenvalue weighted by atomic mass is 10.0. The topological polar surface area (TPSA) is 32.9 Å². The zero-order valence-corrected chi connectivity index (χ0v) is 10.2. The Bertz CT molecular complexity index is 664. The number of halogens is 5. The maximum Gasteiger partial charge on any atom is 0.417 e. The molecule has 2 aromatic rings. The van der Waals surface area contributed by atoms with Crippen molar-refractivity contribution in [3.8, 4) is 0 Å². The third-order valence-electron chi connectivity index (χ3n) is 2.47. The highest BCUT2D eigenvalue weighted by molar-refractivity contribution is 6.35. The van der Waals surface area contributed by atoms with Gasteiger partial charge >= 0.3 is 6.18 Å². The highest BCUT2D eigenvalue weighted by Gasteiger charge is 2.34. The van der Waals surface area contributed by atoms with Crippen molar-refractivity contribution in [1.82, 2.24) is 4.98 Å². The molecule has 0 aliphatic carbocycles. The molecule has 0 spiro atoms. The molecule has 0 saturated heterocycles. The Morgan fingerprint density at radius 3 is 2.50 bits per heavy atom. The van der Waals surface area contributed by atoms with Crippen molar-refractivity contribution in [3.63, 3.8) is 0 Å². The number of nitrogens with one attached hydrogen (secondary N) is 1. The number of fused-ring (bicyclic) bond motifs is 1. The van der Waals surface area contributed by atoms with Gasteiger partial charge in [-0.15, -0.1) is 11.6 Å². The van der Waals surface area contributed by atoms with E-state index in [-0.39, 0.29) is 27.2 Å². The molecule has 0 bridgehead atoms. The van der Waals surface area contributed by atoms with Crippen LogP contribution in [0.5, 0.6) is 0 Å². The van der Waals surface area contributed by atoms with Crippen LogP contribution in [-0.2, 0) is 12.1 Å². The summed E-state index contributed by atoms with van der Waals surface area (Å²) >= 11 is 11.3. The van der Waals surface area contributed by atoms with Gasteiger partial charge in [0.2, 0.25) is 0 Å². The zero-order chi connectivity index (χ0) is 13.5. The highest BCUT2D eigenvalue weighted by atomic mass is 35.5. The minimum Gasteiger partial charge on any atom is -0.327 e. The van der Waals surface area contributed by atoms with E-state index in [1.54, 1.807) is 0 Å². The predicted octanol–water partition coefficient (Wildman–Crippen LogP) is 3.94. The smallest absolute Gasteiger partial charge is 0.327 e. The Morgan fingerprint density at radius 1 is 1.28 bits per heavy atom. The first kappa shape index (κ1) is 13.2. The van der Waals surface area contributed by atoms with Gasteiger partial charge in [0, 0.05) is 22.8 Å². The lowest BCUT2D eigenvalue weighted by Gasteiger charge is -2.12. The first-order valence-corrected chi connectivity index (χ1v) is 5.73. The van der Waals surface area contributed by atoms with E-state index in [0.29, 0.717) is 0 Å². The number of hydrogen-bond donors (Lipinski definition) is 1. The number of hydrogen-bond acceptors (Lipinski definition) is 1. The Balaban J connectivity index is 2.99. The summed E-state index contributed by atoms with van der Waals surface area (Å²) in [6, 6.07) is 2.21. The number of alkyl halides is 4. The quantitative estimate of drug-likeness (QED) is 0.794. The minimum absolute atomic E-state index is 0.118. The van der Waals surface area contributed by atoms with E-state index in [9.17, 15) is 18.0 Å². The van der Waals surface area contributed by atoms with Crippen molar-refractivity contribution in [2.24, 2.45) is 0 Å². The van der Waals surface area contributed by atoms with E-state index in [4.69, 9.17) is 23.2 Å². The van der Waals surface area contributed by atoms with Crippen LogP contribution in [0.15, 0.2) is 23.1 Å². The summed E-state index contributed by atoms with van der Waals surface area (Å²) in [5.41, 5.74) is -1.37. The van der Waals surface area contributed by atoms with Crippen LogP contribution in [0, 0.1) is 0 Å². The monoisotopic (exact) mass is 295 g/mol. The average Bonchev–Trinajstić information content (AvgIpc) is 2.31. The van der Waals surface area contributed by atoms with E-state index in [1.165, 1.54) is 6.07 Å². The summed E-state index contributed by atoms with van der Waals surface area (Å²) in [6.07, 6.45) is -3.56. The molecule has 0 amide bonds. The molecule has 0 atom stereocenters. The summed E-state index contributed by atoms with van der Waals surface area (Å²) in [6.45, 7) is 0. The Labute approximate surface area is 109 Å². The second-order valence-corrected chi connectivity index (χ2v) is 4.34. The zero-order valence-electron chi connectivity index (χ0n) is 8.74. The van der Waals surface area contributed by atoms with E-state index >= 15 is 0 Å². The van der Waals surface area contributed by atoms with Crippen molar-refractivity contribution in [1.29, 1.82) is 0 Å². The lowest BCUT2D eigenvalue weighted by Crippen LogP contribution is -2.12. The molecule has 2 rings (SSSR count). The Kier molecular flexibility index (Phi) is 3.29. The largest absolute Gasteiger partial charge is 0.417 e. The fourth-order valence-corrected chi connectivity index (χ4v) is 2.13. The molecule has 0 aliphatic heterocycles. The average molecular weight is 296 g/mol. The molecular weight excluding hydrogens is 290 g/mol. The molecule has 18 heavy (non-hydrogen) atoms. The van der Waals surface area contributed by atoms with Gasteiger partial charge < -0.3 is 4.98 Å². The van der Waals surface area contributed by atoms with Crippen LogP contribution in [-0.4, -0.2) is 4.98 Å². The number of aromatic amines is 1. The normalized spacial score (nSPS) is 12.1. The summed E-state index contributed by atoms with van der Waals surface area (Å²) in [7, 11) is 0. The molecule has 1 heterocycles. The molecular formula is C11H6Cl2F3NO. The van der Waals surface area contributed by atoms with Crippen LogP contribution in [0.2, 0.25) is 5.02 Å². The summed E-state index contributed by atoms with van der Waals surface area (Å²) in [5.74, 6) is -0.120. The Hall–Kier alpha value is -1.20. The number of H-pyrrole nitrogens is 1. The van der Waals surface area contributed by atoms with E-state index in [2.05, 4.69) is 4.98 Å². The molecule has 7 heteroatoms. The van der Waals surface area contributed by atoms with E-state index < -0.39 is 17.3 Å². The summed E-state index contributed by atoms with van der Waals surface area (Å²) in [4.78, 5) is 13.8. The van der Waals surface area contributed by atoms with Crippen LogP contribution in [0.25, 0.3) is 10.8 Å². The van der Waals surface area contributed by atoms with Crippen LogP contribution in [0.3, 0.4) is 0 Å². The van der Waals surface area contributed by atoms with E-state index in [0.717, 1.165) is 12.3 Å². The van der Waals surface area contributed by atoms with Crippen molar-refractivity contribution in [2.45, 2.75) is 12.1 Å². The van der Waals surface area contributed by atoms with Gasteiger partial charge in [-0.3, -0.25) is 4.79 Å². The molecule has 1 aromatic carbocycles. The van der Waals surface area contributed by atoms with Gasteiger partial charge in [-0.05, 0) is 17.7 Å². The fourth-order valence-electron chi connectivity index (χ4n) is 1.72. The van der Waals surface area contributed by atoms with Gasteiger partial charge in [0.05, 0.1) is 10.6 Å². The van der Waals surface area contributed by atoms with Crippen molar-refractivity contribution in [3.05, 3.63) is 44.8 Å². The molecule has 96 valence electrons. The number of pyridine rings is 1. The first-order chi connectivity index (χ1) is 8.34. The van der Waals surface area contributed by atoms with Crippen molar-refractivity contribution >= 4 is 34.0 Å². The third kappa shape index (κ3) is 2.20. The Morgan fingerprint density at radius 2 is 1.94 bits per heavy atom. The first-order valence-electron chi connectivity index (χ1n) is 4.81. The van der Waals surface area contributed by atoms with Crippen LogP contribution in [0.1, 0.15) is 11.1 Å². The van der Waals surface area contributed by atoms with Crippen LogP contribution >= 0.6 is 23.2 Å². The molecule has 2 nitrogen and oxygen atoms in total. The molecule has 0 saturated carbocycles. The van der Waals surface area contributed by atoms with Crippen LogP contribution < -0.4 is 5.56 Å². The molecule has 1 N–H and O–H groups in total. The molecule has 0 unspecified atom stereocenters. The lowest BCUT2D eigenvalue weighted by molar-refractivity contribution is -0.136. The molecule has 0 fully saturated rings. The van der Waals surface area contributed by atoms with Crippen LogP contribution in [0.4, 0.5) is 13.2 Å². The highest BCUT2D eigenvalue weighted by Crippen LogP contribution is 2.37. The molecule has 0 aliphatic rings. The number of aromatic nitrogens is 1. The minimum atomic E-state index is -4.60.